The third-order valence-corrected chi connectivity index (χ3v) is 2.55. The number of rotatable bonds is 5. The topological polar surface area (TPSA) is 26.3 Å². The summed E-state index contributed by atoms with van der Waals surface area (Å²) in [4.78, 5) is 12.7. The molecule has 0 aromatic carbocycles. The zero-order valence-electron chi connectivity index (χ0n) is 8.42. The second-order valence-electron chi connectivity index (χ2n) is 2.54. The quantitative estimate of drug-likeness (QED) is 0.504. The fourth-order valence-corrected chi connectivity index (χ4v) is 1.71. The third kappa shape index (κ3) is 4.78. The van der Waals surface area contributed by atoms with Crippen molar-refractivity contribution in [3.63, 3.8) is 0 Å². The van der Waals surface area contributed by atoms with E-state index < -0.39 is 0 Å². The van der Waals surface area contributed by atoms with Gasteiger partial charge in [-0.15, -0.1) is 0 Å². The van der Waals surface area contributed by atoms with Crippen LogP contribution in [0.25, 0.3) is 0 Å². The zero-order valence-corrected chi connectivity index (χ0v) is 9.24. The van der Waals surface area contributed by atoms with Crippen LogP contribution in [-0.4, -0.2) is 13.1 Å². The number of methoxy groups -OCH3 is 1. The summed E-state index contributed by atoms with van der Waals surface area (Å²) in [6.45, 7) is 7.76. The van der Waals surface area contributed by atoms with E-state index in [9.17, 15) is 4.79 Å². The zero-order chi connectivity index (χ0) is 10.3. The summed E-state index contributed by atoms with van der Waals surface area (Å²) in [5, 5.41) is 0. The Hall–Kier alpha value is -0.700. The summed E-state index contributed by atoms with van der Waals surface area (Å²) < 4.78 is 4.61. The monoisotopic (exact) mass is 200 g/mol. The molecule has 0 rings (SSSR count). The maximum absolute atomic E-state index is 11.1. The van der Waals surface area contributed by atoms with Crippen molar-refractivity contribution in [3.05, 3.63) is 22.5 Å². The van der Waals surface area contributed by atoms with Crippen molar-refractivity contribution in [1.29, 1.82) is 0 Å². The molecule has 2 nitrogen and oxygen atoms in total. The number of thioether (sulfide) groups is 1. The molecule has 13 heavy (non-hydrogen) atoms. The molecule has 0 amide bonds. The Labute approximate surface area is 84.0 Å². The Balaban J connectivity index is 4.15. The molecule has 0 aliphatic rings. The molecular weight excluding hydrogens is 184 g/mol. The predicted octanol–water partition coefficient (Wildman–Crippen LogP) is 3.11. The van der Waals surface area contributed by atoms with E-state index in [4.69, 9.17) is 0 Å². The first-order valence-corrected chi connectivity index (χ1v) is 5.07. The van der Waals surface area contributed by atoms with Crippen molar-refractivity contribution in [2.75, 3.05) is 7.11 Å². The number of ether oxygens (including phenoxy) is 1. The minimum atomic E-state index is -0.287. The van der Waals surface area contributed by atoms with E-state index in [1.165, 1.54) is 18.9 Å². The van der Waals surface area contributed by atoms with Gasteiger partial charge < -0.3 is 4.74 Å². The second kappa shape index (κ2) is 6.78. The second-order valence-corrected chi connectivity index (χ2v) is 3.76. The molecule has 0 radical (unpaired) electrons. The van der Waals surface area contributed by atoms with Gasteiger partial charge in [-0.1, -0.05) is 37.8 Å². The summed E-state index contributed by atoms with van der Waals surface area (Å²) in [5.41, 5.74) is 0. The normalized spacial score (nSPS) is 11.2. The van der Waals surface area contributed by atoms with Gasteiger partial charge in [0.05, 0.1) is 12.0 Å². The lowest BCUT2D eigenvalue weighted by Crippen LogP contribution is -2.01. The molecular formula is C10H16O2S. The van der Waals surface area contributed by atoms with E-state index in [0.29, 0.717) is 4.91 Å². The van der Waals surface area contributed by atoms with Crippen molar-refractivity contribution in [1.82, 2.24) is 0 Å². The molecule has 0 fully saturated rings. The summed E-state index contributed by atoms with van der Waals surface area (Å²) in [6.07, 6.45) is 3.72. The summed E-state index contributed by atoms with van der Waals surface area (Å²) in [6, 6.07) is 0. The Morgan fingerprint density at radius 1 is 1.62 bits per heavy atom. The Kier molecular flexibility index (Phi) is 6.41. The highest BCUT2D eigenvalue weighted by atomic mass is 32.2. The molecule has 0 aliphatic carbocycles. The van der Waals surface area contributed by atoms with Crippen molar-refractivity contribution in [2.24, 2.45) is 0 Å². The molecule has 0 unspecified atom stereocenters. The van der Waals surface area contributed by atoms with Crippen LogP contribution < -0.4 is 0 Å². The van der Waals surface area contributed by atoms with Crippen LogP contribution in [0.2, 0.25) is 0 Å². The first-order valence-electron chi connectivity index (χ1n) is 4.25. The van der Waals surface area contributed by atoms with E-state index in [1.54, 1.807) is 6.08 Å². The molecule has 0 bridgehead atoms. The highest BCUT2D eigenvalue weighted by molar-refractivity contribution is 8.07. The maximum Gasteiger partial charge on any atom is 0.344 e. The minimum absolute atomic E-state index is 0.287. The third-order valence-electron chi connectivity index (χ3n) is 1.43. The summed E-state index contributed by atoms with van der Waals surface area (Å²) in [5.74, 6) is -0.287. The van der Waals surface area contributed by atoms with E-state index in [-0.39, 0.29) is 5.97 Å². The van der Waals surface area contributed by atoms with Gasteiger partial charge in [0.2, 0.25) is 0 Å². The Morgan fingerprint density at radius 2 is 2.23 bits per heavy atom. The fourth-order valence-electron chi connectivity index (χ4n) is 0.804. The standard InChI is InChI=1S/C10H16O2S/c1-5-7-8(3)13-9(6-2)10(11)12-4/h6H,3,5,7H2,1-2,4H3/b9-6-. The molecule has 0 N–H and O–H groups in total. The fraction of sp³-hybridized carbons (Fsp3) is 0.500. The van der Waals surface area contributed by atoms with Crippen LogP contribution in [0.3, 0.4) is 0 Å². The van der Waals surface area contributed by atoms with Crippen LogP contribution >= 0.6 is 11.8 Å². The van der Waals surface area contributed by atoms with Gasteiger partial charge in [0.15, 0.2) is 0 Å². The van der Waals surface area contributed by atoms with Crippen molar-refractivity contribution in [2.45, 2.75) is 26.7 Å². The lowest BCUT2D eigenvalue weighted by atomic mass is 10.3. The SMILES string of the molecule is C=C(CCC)S/C(=C\C)C(=O)OC. The van der Waals surface area contributed by atoms with Crippen molar-refractivity contribution in [3.8, 4) is 0 Å². The number of carbonyl (C=O) groups excluding carboxylic acids is 1. The Morgan fingerprint density at radius 3 is 2.62 bits per heavy atom. The highest BCUT2D eigenvalue weighted by Gasteiger charge is 2.09. The van der Waals surface area contributed by atoms with E-state index >= 15 is 0 Å². The van der Waals surface area contributed by atoms with Crippen LogP contribution in [0.5, 0.6) is 0 Å². The molecule has 0 aromatic heterocycles. The van der Waals surface area contributed by atoms with Gasteiger partial charge >= 0.3 is 5.97 Å². The van der Waals surface area contributed by atoms with Gasteiger partial charge in [-0.25, -0.2) is 4.79 Å². The molecule has 0 aromatic rings. The van der Waals surface area contributed by atoms with Crippen molar-refractivity contribution >= 4 is 17.7 Å². The maximum atomic E-state index is 11.1. The van der Waals surface area contributed by atoms with E-state index in [0.717, 1.165) is 17.7 Å². The lowest BCUT2D eigenvalue weighted by molar-refractivity contribution is -0.135. The van der Waals surface area contributed by atoms with Crippen LogP contribution in [0.1, 0.15) is 26.7 Å². The number of carbonyl (C=O) groups is 1. The molecule has 0 saturated heterocycles. The average molecular weight is 200 g/mol. The number of hydrogen-bond acceptors (Lipinski definition) is 3. The van der Waals surface area contributed by atoms with E-state index in [2.05, 4.69) is 18.2 Å². The highest BCUT2D eigenvalue weighted by Crippen LogP contribution is 2.27. The van der Waals surface area contributed by atoms with Gasteiger partial charge in [-0.05, 0) is 18.2 Å². The van der Waals surface area contributed by atoms with Gasteiger partial charge in [0, 0.05) is 0 Å². The number of esters is 1. The molecule has 0 heterocycles. The molecule has 0 aliphatic heterocycles. The molecule has 0 atom stereocenters. The van der Waals surface area contributed by atoms with E-state index in [1.807, 2.05) is 6.92 Å². The summed E-state index contributed by atoms with van der Waals surface area (Å²) >= 11 is 1.39. The van der Waals surface area contributed by atoms with Crippen LogP contribution in [0.4, 0.5) is 0 Å². The van der Waals surface area contributed by atoms with Crippen LogP contribution in [0, 0.1) is 0 Å². The lowest BCUT2D eigenvalue weighted by Gasteiger charge is -2.05. The van der Waals surface area contributed by atoms with Gasteiger partial charge in [-0.3, -0.25) is 0 Å². The molecule has 74 valence electrons. The average Bonchev–Trinajstić information content (AvgIpc) is 2.13. The van der Waals surface area contributed by atoms with Crippen molar-refractivity contribution < 1.29 is 9.53 Å². The van der Waals surface area contributed by atoms with Crippen LogP contribution in [-0.2, 0) is 9.53 Å². The largest absolute Gasteiger partial charge is 0.465 e. The summed E-state index contributed by atoms with van der Waals surface area (Å²) in [7, 11) is 1.38. The predicted molar refractivity (Wildman–Crippen MR) is 57.4 cm³/mol. The van der Waals surface area contributed by atoms with Gasteiger partial charge in [0.1, 0.15) is 0 Å². The first-order chi connectivity index (χ1) is 6.15. The molecule has 0 saturated carbocycles. The van der Waals surface area contributed by atoms with Crippen LogP contribution in [0.15, 0.2) is 22.5 Å². The minimum Gasteiger partial charge on any atom is -0.465 e. The smallest absolute Gasteiger partial charge is 0.344 e. The first kappa shape index (κ1) is 12.3. The number of allylic oxidation sites excluding steroid dienone is 2. The number of hydrogen-bond donors (Lipinski definition) is 0. The van der Waals surface area contributed by atoms with Gasteiger partial charge in [-0.2, -0.15) is 0 Å². The Bertz CT molecular complexity index is 219. The molecule has 0 spiro atoms. The molecule has 3 heteroatoms. The van der Waals surface area contributed by atoms with Gasteiger partial charge in [0.25, 0.3) is 0 Å².